The van der Waals surface area contributed by atoms with E-state index in [2.05, 4.69) is 11.4 Å². The van der Waals surface area contributed by atoms with Gasteiger partial charge in [-0.25, -0.2) is 0 Å². The molecule has 0 bridgehead atoms. The lowest BCUT2D eigenvalue weighted by Gasteiger charge is -2.08. The second-order valence-corrected chi connectivity index (χ2v) is 5.08. The minimum atomic E-state index is -0.156. The first-order chi connectivity index (χ1) is 11.7. The first-order valence-electron chi connectivity index (χ1n) is 7.39. The summed E-state index contributed by atoms with van der Waals surface area (Å²) in [6.45, 7) is 0. The number of carbonyl (C=O) groups is 1. The number of carbonyl (C=O) groups excluding carboxylic acids is 1. The zero-order valence-electron chi connectivity index (χ0n) is 12.8. The van der Waals surface area contributed by atoms with Crippen LogP contribution in [0.1, 0.15) is 15.9 Å². The van der Waals surface area contributed by atoms with E-state index < -0.39 is 0 Å². The van der Waals surface area contributed by atoms with E-state index in [9.17, 15) is 4.79 Å². The number of hydrogen-bond acceptors (Lipinski definition) is 3. The molecule has 4 nitrogen and oxygen atoms in total. The van der Waals surface area contributed by atoms with E-state index in [1.807, 2.05) is 18.2 Å². The highest BCUT2D eigenvalue weighted by Gasteiger charge is 2.05. The van der Waals surface area contributed by atoms with Crippen molar-refractivity contribution < 1.29 is 9.53 Å². The molecule has 0 spiro atoms. The molecular formula is C20H14N2O2. The van der Waals surface area contributed by atoms with Gasteiger partial charge in [0, 0.05) is 11.3 Å². The summed E-state index contributed by atoms with van der Waals surface area (Å²) in [7, 11) is 0. The molecule has 1 amide bonds. The van der Waals surface area contributed by atoms with Gasteiger partial charge in [0.2, 0.25) is 0 Å². The fraction of sp³-hybridized carbons (Fsp3) is 0. The molecule has 0 saturated heterocycles. The number of rotatable bonds is 4. The smallest absolute Gasteiger partial charge is 0.255 e. The highest BCUT2D eigenvalue weighted by atomic mass is 16.5. The normalized spacial score (nSPS) is 9.79. The average molecular weight is 314 g/mol. The number of nitrogens with one attached hydrogen (secondary N) is 1. The summed E-state index contributed by atoms with van der Waals surface area (Å²) in [5.74, 6) is 1.14. The van der Waals surface area contributed by atoms with Gasteiger partial charge < -0.3 is 10.1 Å². The molecule has 3 aromatic rings. The van der Waals surface area contributed by atoms with E-state index in [-0.39, 0.29) is 5.91 Å². The maximum absolute atomic E-state index is 12.1. The summed E-state index contributed by atoms with van der Waals surface area (Å²) in [6, 6.07) is 25.1. The zero-order chi connectivity index (χ0) is 16.8. The fourth-order valence-electron chi connectivity index (χ4n) is 2.13. The van der Waals surface area contributed by atoms with Crippen molar-refractivity contribution in [1.82, 2.24) is 0 Å². The van der Waals surface area contributed by atoms with Crippen molar-refractivity contribution in [3.8, 4) is 17.6 Å². The monoisotopic (exact) mass is 314 g/mol. The van der Waals surface area contributed by atoms with E-state index in [0.29, 0.717) is 28.3 Å². The number of nitriles is 1. The molecule has 4 heteroatoms. The molecule has 116 valence electrons. The molecule has 3 aromatic carbocycles. The molecule has 0 radical (unpaired) electrons. The van der Waals surface area contributed by atoms with Crippen LogP contribution in [-0.2, 0) is 0 Å². The Labute approximate surface area is 139 Å². The van der Waals surface area contributed by atoms with Crippen molar-refractivity contribution in [2.45, 2.75) is 0 Å². The van der Waals surface area contributed by atoms with Crippen LogP contribution in [0.15, 0.2) is 78.9 Å². The highest BCUT2D eigenvalue weighted by molar-refractivity contribution is 6.04. The molecule has 24 heavy (non-hydrogen) atoms. The van der Waals surface area contributed by atoms with E-state index in [0.717, 1.165) is 0 Å². The number of benzene rings is 3. The predicted octanol–water partition coefficient (Wildman–Crippen LogP) is 4.60. The lowest BCUT2D eigenvalue weighted by molar-refractivity contribution is 0.102. The lowest BCUT2D eigenvalue weighted by Crippen LogP contribution is -2.11. The summed E-state index contributed by atoms with van der Waals surface area (Å²) in [5, 5.41) is 11.6. The molecule has 0 aliphatic carbocycles. The van der Waals surface area contributed by atoms with Gasteiger partial charge in [0.25, 0.3) is 5.91 Å². The first kappa shape index (κ1) is 15.3. The van der Waals surface area contributed by atoms with Crippen LogP contribution in [0, 0.1) is 11.3 Å². The number of nitrogens with zero attached hydrogens (tertiary/aromatic N) is 1. The van der Waals surface area contributed by atoms with Gasteiger partial charge in [0.15, 0.2) is 0 Å². The Bertz CT molecular complexity index is 864. The lowest BCUT2D eigenvalue weighted by atomic mass is 10.2. The summed E-state index contributed by atoms with van der Waals surface area (Å²) >= 11 is 0. The van der Waals surface area contributed by atoms with E-state index in [1.165, 1.54) is 0 Å². The molecule has 0 atom stereocenters. The molecule has 1 N–H and O–H groups in total. The number of amides is 1. The van der Waals surface area contributed by atoms with E-state index in [4.69, 9.17) is 10.00 Å². The van der Waals surface area contributed by atoms with Crippen LogP contribution >= 0.6 is 0 Å². The maximum atomic E-state index is 12.1. The molecule has 0 aliphatic heterocycles. The van der Waals surface area contributed by atoms with Crippen molar-refractivity contribution in [3.63, 3.8) is 0 Å². The van der Waals surface area contributed by atoms with Crippen LogP contribution in [0.3, 0.4) is 0 Å². The van der Waals surface area contributed by atoms with Crippen LogP contribution < -0.4 is 10.1 Å². The first-order valence-corrected chi connectivity index (χ1v) is 7.39. The third kappa shape index (κ3) is 3.79. The molecule has 0 saturated carbocycles. The summed E-state index contributed by atoms with van der Waals surface area (Å²) in [6.07, 6.45) is 0. The molecule has 0 aliphatic rings. The zero-order valence-corrected chi connectivity index (χ0v) is 12.8. The summed E-state index contributed by atoms with van der Waals surface area (Å²) in [5.41, 5.74) is 1.88. The van der Waals surface area contributed by atoms with Crippen LogP contribution in [0.25, 0.3) is 0 Å². The second kappa shape index (κ2) is 7.12. The van der Waals surface area contributed by atoms with Gasteiger partial charge in [-0.2, -0.15) is 5.26 Å². The Morgan fingerprint density at radius 3 is 2.00 bits per heavy atom. The van der Waals surface area contributed by atoms with Crippen molar-refractivity contribution in [1.29, 1.82) is 5.26 Å². The van der Waals surface area contributed by atoms with Crippen LogP contribution in [0.2, 0.25) is 0 Å². The van der Waals surface area contributed by atoms with Crippen molar-refractivity contribution in [2.75, 3.05) is 5.32 Å². The Morgan fingerprint density at radius 1 is 0.833 bits per heavy atom. The van der Waals surface area contributed by atoms with Crippen molar-refractivity contribution in [2.24, 2.45) is 0 Å². The van der Waals surface area contributed by atoms with E-state index in [1.54, 1.807) is 60.7 Å². The molecule has 0 unspecified atom stereocenters. The van der Waals surface area contributed by atoms with Crippen molar-refractivity contribution >= 4 is 11.6 Å². The third-order valence-corrected chi connectivity index (χ3v) is 3.37. The average Bonchev–Trinajstić information content (AvgIpc) is 2.65. The number of hydrogen-bond donors (Lipinski definition) is 1. The van der Waals surface area contributed by atoms with Crippen molar-refractivity contribution in [3.05, 3.63) is 90.0 Å². The predicted molar refractivity (Wildman–Crippen MR) is 92.1 cm³/mol. The minimum Gasteiger partial charge on any atom is -0.457 e. The quantitative estimate of drug-likeness (QED) is 0.765. The molecule has 0 aromatic heterocycles. The van der Waals surface area contributed by atoms with Gasteiger partial charge in [-0.1, -0.05) is 18.2 Å². The molecule has 0 heterocycles. The topological polar surface area (TPSA) is 62.1 Å². The largest absolute Gasteiger partial charge is 0.457 e. The summed E-state index contributed by atoms with van der Waals surface area (Å²) < 4.78 is 5.70. The minimum absolute atomic E-state index is 0.156. The number of anilines is 1. The SMILES string of the molecule is N#Cc1ccc(Oc2ccc(NC(=O)c3ccccc3)cc2)cc1. The van der Waals surface area contributed by atoms with E-state index >= 15 is 0 Å². The van der Waals surface area contributed by atoms with Gasteiger partial charge in [0.05, 0.1) is 11.6 Å². The highest BCUT2D eigenvalue weighted by Crippen LogP contribution is 2.23. The Hall–Kier alpha value is -3.58. The molecule has 3 rings (SSSR count). The van der Waals surface area contributed by atoms with Crippen LogP contribution in [0.5, 0.6) is 11.5 Å². The van der Waals surface area contributed by atoms with Gasteiger partial charge in [-0.05, 0) is 60.7 Å². The standard InChI is InChI=1S/C20H14N2O2/c21-14-15-6-10-18(11-7-15)24-19-12-8-17(9-13-19)22-20(23)16-4-2-1-3-5-16/h1-13H,(H,22,23). The van der Waals surface area contributed by atoms with Gasteiger partial charge in [-0.15, -0.1) is 0 Å². The maximum Gasteiger partial charge on any atom is 0.255 e. The summed E-state index contributed by atoms with van der Waals surface area (Å²) in [4.78, 5) is 12.1. The Morgan fingerprint density at radius 2 is 1.42 bits per heavy atom. The number of ether oxygens (including phenoxy) is 1. The van der Waals surface area contributed by atoms with Gasteiger partial charge >= 0.3 is 0 Å². The fourth-order valence-corrected chi connectivity index (χ4v) is 2.13. The molecule has 0 fully saturated rings. The third-order valence-electron chi connectivity index (χ3n) is 3.37. The Kier molecular flexibility index (Phi) is 4.55. The Balaban J connectivity index is 1.65. The van der Waals surface area contributed by atoms with Gasteiger partial charge in [-0.3, -0.25) is 4.79 Å². The molecular weight excluding hydrogens is 300 g/mol. The van der Waals surface area contributed by atoms with Gasteiger partial charge in [0.1, 0.15) is 11.5 Å². The second-order valence-electron chi connectivity index (χ2n) is 5.08. The van der Waals surface area contributed by atoms with Crippen LogP contribution in [-0.4, -0.2) is 5.91 Å². The van der Waals surface area contributed by atoms with Crippen LogP contribution in [0.4, 0.5) is 5.69 Å².